The van der Waals surface area contributed by atoms with Crippen LogP contribution in [0.15, 0.2) is 42.6 Å². The van der Waals surface area contributed by atoms with Gasteiger partial charge in [-0.1, -0.05) is 24.3 Å². The van der Waals surface area contributed by atoms with Gasteiger partial charge in [0.15, 0.2) is 0 Å². The molecule has 0 aliphatic carbocycles. The number of pyridine rings is 1. The van der Waals surface area contributed by atoms with Crippen molar-refractivity contribution >= 4 is 17.5 Å². The predicted molar refractivity (Wildman–Crippen MR) is 97.5 cm³/mol. The average molecular weight is 337 g/mol. The van der Waals surface area contributed by atoms with E-state index in [4.69, 9.17) is 0 Å². The Hall–Kier alpha value is -2.69. The zero-order valence-electron chi connectivity index (χ0n) is 14.7. The number of hydrogen-bond acceptors (Lipinski definition) is 3. The third-order valence-electron chi connectivity index (χ3n) is 4.68. The molecule has 130 valence electrons. The number of anilines is 1. The summed E-state index contributed by atoms with van der Waals surface area (Å²) in [6, 6.07) is 10.7. The molecule has 0 bridgehead atoms. The molecule has 1 saturated heterocycles. The fraction of sp³-hybridized carbons (Fsp3) is 0.350. The standard InChI is InChI=1S/C20H23N3O2/c1-14-8-7-9-15(2)18(14)22-19(24)17-11-4-6-13-23(17)20(25)16-10-3-5-12-21-16/h3,5,7-10,12,17H,4,6,11,13H2,1-2H3,(H,22,24). The molecule has 0 spiro atoms. The van der Waals surface area contributed by atoms with E-state index in [-0.39, 0.29) is 11.8 Å². The topological polar surface area (TPSA) is 62.3 Å². The first-order chi connectivity index (χ1) is 12.1. The molecule has 5 heteroatoms. The van der Waals surface area contributed by atoms with Gasteiger partial charge in [-0.2, -0.15) is 0 Å². The summed E-state index contributed by atoms with van der Waals surface area (Å²) < 4.78 is 0. The fourth-order valence-corrected chi connectivity index (χ4v) is 3.30. The first-order valence-electron chi connectivity index (χ1n) is 8.67. The van der Waals surface area contributed by atoms with E-state index in [0.717, 1.165) is 29.7 Å². The number of benzene rings is 1. The van der Waals surface area contributed by atoms with Crippen molar-refractivity contribution < 1.29 is 9.59 Å². The number of amides is 2. The zero-order valence-corrected chi connectivity index (χ0v) is 14.7. The van der Waals surface area contributed by atoms with E-state index < -0.39 is 6.04 Å². The lowest BCUT2D eigenvalue weighted by Gasteiger charge is -2.34. The molecular weight excluding hydrogens is 314 g/mol. The zero-order chi connectivity index (χ0) is 17.8. The van der Waals surface area contributed by atoms with Crippen molar-refractivity contribution in [2.75, 3.05) is 11.9 Å². The Morgan fingerprint density at radius 3 is 2.52 bits per heavy atom. The van der Waals surface area contributed by atoms with Crippen LogP contribution in [0.25, 0.3) is 0 Å². The van der Waals surface area contributed by atoms with Crippen LogP contribution < -0.4 is 5.32 Å². The Morgan fingerprint density at radius 2 is 1.84 bits per heavy atom. The Balaban J connectivity index is 1.81. The van der Waals surface area contributed by atoms with Gasteiger partial charge in [-0.15, -0.1) is 0 Å². The molecule has 0 radical (unpaired) electrons. The number of carbonyl (C=O) groups excluding carboxylic acids is 2. The summed E-state index contributed by atoms with van der Waals surface area (Å²) in [5, 5.41) is 3.03. The van der Waals surface area contributed by atoms with Gasteiger partial charge in [-0.05, 0) is 56.4 Å². The third kappa shape index (κ3) is 3.71. The number of nitrogens with one attached hydrogen (secondary N) is 1. The van der Waals surface area contributed by atoms with Gasteiger partial charge in [0.2, 0.25) is 5.91 Å². The van der Waals surface area contributed by atoms with Crippen molar-refractivity contribution in [3.05, 3.63) is 59.4 Å². The van der Waals surface area contributed by atoms with E-state index in [2.05, 4.69) is 10.3 Å². The van der Waals surface area contributed by atoms with Gasteiger partial charge in [0.1, 0.15) is 11.7 Å². The van der Waals surface area contributed by atoms with Crippen LogP contribution in [0.4, 0.5) is 5.69 Å². The van der Waals surface area contributed by atoms with Gasteiger partial charge in [-0.25, -0.2) is 0 Å². The number of rotatable bonds is 3. The van der Waals surface area contributed by atoms with Crippen LogP contribution in [0, 0.1) is 13.8 Å². The Kier molecular flexibility index (Phi) is 5.12. The molecule has 3 rings (SSSR count). The van der Waals surface area contributed by atoms with Crippen LogP contribution in [0.5, 0.6) is 0 Å². The first kappa shape index (κ1) is 17.1. The van der Waals surface area contributed by atoms with E-state index in [1.807, 2.05) is 32.0 Å². The van der Waals surface area contributed by atoms with E-state index in [0.29, 0.717) is 18.7 Å². The second kappa shape index (κ2) is 7.47. The van der Waals surface area contributed by atoms with Crippen molar-refractivity contribution in [2.45, 2.75) is 39.2 Å². The first-order valence-corrected chi connectivity index (χ1v) is 8.67. The maximum atomic E-state index is 12.9. The van der Waals surface area contributed by atoms with Gasteiger partial charge >= 0.3 is 0 Å². The highest BCUT2D eigenvalue weighted by Crippen LogP contribution is 2.24. The normalized spacial score (nSPS) is 17.2. The number of hydrogen-bond donors (Lipinski definition) is 1. The fourth-order valence-electron chi connectivity index (χ4n) is 3.30. The van der Waals surface area contributed by atoms with E-state index >= 15 is 0 Å². The molecule has 1 N–H and O–H groups in total. The summed E-state index contributed by atoms with van der Waals surface area (Å²) in [7, 11) is 0. The summed E-state index contributed by atoms with van der Waals surface area (Å²) in [5.74, 6) is -0.302. The Bertz CT molecular complexity index is 754. The number of para-hydroxylation sites is 1. The van der Waals surface area contributed by atoms with Crippen molar-refractivity contribution in [3.63, 3.8) is 0 Å². The highest BCUT2D eigenvalue weighted by Gasteiger charge is 2.33. The highest BCUT2D eigenvalue weighted by atomic mass is 16.2. The second-order valence-corrected chi connectivity index (χ2v) is 6.48. The Morgan fingerprint density at radius 1 is 1.08 bits per heavy atom. The highest BCUT2D eigenvalue weighted by molar-refractivity contribution is 6.01. The summed E-state index contributed by atoms with van der Waals surface area (Å²) >= 11 is 0. The van der Waals surface area contributed by atoms with Crippen LogP contribution >= 0.6 is 0 Å². The molecular formula is C20H23N3O2. The number of likely N-dealkylation sites (tertiary alicyclic amines) is 1. The van der Waals surface area contributed by atoms with E-state index in [1.165, 1.54) is 0 Å². The second-order valence-electron chi connectivity index (χ2n) is 6.48. The summed E-state index contributed by atoms with van der Waals surface area (Å²) in [6.45, 7) is 4.53. The molecule has 1 atom stereocenters. The molecule has 1 aliphatic heterocycles. The molecule has 2 amide bonds. The lowest BCUT2D eigenvalue weighted by atomic mass is 10.00. The van der Waals surface area contributed by atoms with Gasteiger partial charge in [0, 0.05) is 18.4 Å². The molecule has 1 fully saturated rings. The monoisotopic (exact) mass is 337 g/mol. The van der Waals surface area contributed by atoms with Crippen molar-refractivity contribution in [1.29, 1.82) is 0 Å². The largest absolute Gasteiger partial charge is 0.325 e. The van der Waals surface area contributed by atoms with Crippen LogP contribution in [0.3, 0.4) is 0 Å². The Labute approximate surface area is 148 Å². The van der Waals surface area contributed by atoms with Crippen LogP contribution in [-0.2, 0) is 4.79 Å². The minimum Gasteiger partial charge on any atom is -0.325 e. The molecule has 1 aromatic carbocycles. The molecule has 2 heterocycles. The van der Waals surface area contributed by atoms with Gasteiger partial charge in [0.25, 0.3) is 5.91 Å². The number of aromatic nitrogens is 1. The van der Waals surface area contributed by atoms with Crippen molar-refractivity contribution in [3.8, 4) is 0 Å². The lowest BCUT2D eigenvalue weighted by Crippen LogP contribution is -2.50. The number of piperidine rings is 1. The molecule has 1 unspecified atom stereocenters. The molecule has 1 aliphatic rings. The molecule has 5 nitrogen and oxygen atoms in total. The lowest BCUT2D eigenvalue weighted by molar-refractivity contribution is -0.121. The van der Waals surface area contributed by atoms with Gasteiger partial charge in [-0.3, -0.25) is 14.6 Å². The van der Waals surface area contributed by atoms with Crippen LogP contribution in [-0.4, -0.2) is 34.3 Å². The van der Waals surface area contributed by atoms with Crippen molar-refractivity contribution in [1.82, 2.24) is 9.88 Å². The summed E-state index contributed by atoms with van der Waals surface area (Å²) in [6.07, 6.45) is 4.13. The molecule has 2 aromatic rings. The maximum absolute atomic E-state index is 12.9. The van der Waals surface area contributed by atoms with Crippen molar-refractivity contribution in [2.24, 2.45) is 0 Å². The maximum Gasteiger partial charge on any atom is 0.273 e. The molecule has 1 aromatic heterocycles. The minimum absolute atomic E-state index is 0.124. The molecule has 0 saturated carbocycles. The van der Waals surface area contributed by atoms with E-state index in [1.54, 1.807) is 29.3 Å². The van der Waals surface area contributed by atoms with Crippen LogP contribution in [0.2, 0.25) is 0 Å². The smallest absolute Gasteiger partial charge is 0.273 e. The SMILES string of the molecule is Cc1cccc(C)c1NC(=O)C1CCCCN1C(=O)c1ccccn1. The quantitative estimate of drug-likeness (QED) is 0.934. The van der Waals surface area contributed by atoms with Gasteiger partial charge in [0.05, 0.1) is 0 Å². The predicted octanol–water partition coefficient (Wildman–Crippen LogP) is 3.33. The average Bonchev–Trinajstić information content (AvgIpc) is 2.65. The number of nitrogens with zero attached hydrogens (tertiary/aromatic N) is 2. The number of carbonyl (C=O) groups is 2. The number of aryl methyl sites for hydroxylation is 2. The van der Waals surface area contributed by atoms with Crippen LogP contribution in [0.1, 0.15) is 40.9 Å². The minimum atomic E-state index is -0.456. The molecule has 25 heavy (non-hydrogen) atoms. The van der Waals surface area contributed by atoms with E-state index in [9.17, 15) is 9.59 Å². The van der Waals surface area contributed by atoms with Gasteiger partial charge < -0.3 is 10.2 Å². The summed E-state index contributed by atoms with van der Waals surface area (Å²) in [4.78, 5) is 31.5. The summed E-state index contributed by atoms with van der Waals surface area (Å²) in [5.41, 5.74) is 3.26. The third-order valence-corrected chi connectivity index (χ3v) is 4.68.